The summed E-state index contributed by atoms with van der Waals surface area (Å²) in [4.78, 5) is 13.7. The molecule has 22 heavy (non-hydrogen) atoms. The number of nitrogens with zero attached hydrogens (tertiary/aromatic N) is 3. The Bertz CT molecular complexity index is 720. The van der Waals surface area contributed by atoms with Gasteiger partial charge in [0.05, 0.1) is 11.4 Å². The van der Waals surface area contributed by atoms with Gasteiger partial charge < -0.3 is 4.90 Å². The van der Waals surface area contributed by atoms with Gasteiger partial charge in [-0.25, -0.2) is 4.39 Å². The number of fused-ring (bicyclic) bond motifs is 1. The first-order chi connectivity index (χ1) is 10.5. The maximum absolute atomic E-state index is 13.3. The van der Waals surface area contributed by atoms with Crippen LogP contribution in [-0.2, 0) is 17.8 Å². The molecule has 0 N–H and O–H groups in total. The van der Waals surface area contributed by atoms with E-state index in [-0.39, 0.29) is 11.7 Å². The molecule has 1 unspecified atom stereocenters. The van der Waals surface area contributed by atoms with Crippen LogP contribution in [0.1, 0.15) is 18.2 Å². The predicted molar refractivity (Wildman–Crippen MR) is 81.9 cm³/mol. The molecule has 0 saturated heterocycles. The molecule has 0 aliphatic carbocycles. The van der Waals surface area contributed by atoms with E-state index in [0.717, 1.165) is 11.3 Å². The minimum atomic E-state index is -0.543. The minimum Gasteiger partial charge on any atom is -0.337 e. The van der Waals surface area contributed by atoms with Gasteiger partial charge in [-0.2, -0.15) is 10.2 Å². The average Bonchev–Trinajstić information content (AvgIpc) is 2.53. The lowest BCUT2D eigenvalue weighted by Gasteiger charge is -2.29. The fourth-order valence-electron chi connectivity index (χ4n) is 2.56. The molecule has 0 saturated carbocycles. The van der Waals surface area contributed by atoms with Crippen molar-refractivity contribution in [3.63, 3.8) is 0 Å². The molecule has 1 aliphatic heterocycles. The van der Waals surface area contributed by atoms with Crippen LogP contribution in [-0.4, -0.2) is 32.9 Å². The van der Waals surface area contributed by atoms with Gasteiger partial charge >= 0.3 is 0 Å². The van der Waals surface area contributed by atoms with Crippen LogP contribution in [0.5, 0.6) is 0 Å². The second kappa shape index (κ2) is 6.01. The Morgan fingerprint density at radius 3 is 2.91 bits per heavy atom. The summed E-state index contributed by atoms with van der Waals surface area (Å²) in [6.07, 6.45) is 0.654. The third-order valence-electron chi connectivity index (χ3n) is 3.71. The van der Waals surface area contributed by atoms with Gasteiger partial charge in [0.15, 0.2) is 0 Å². The number of aromatic nitrogens is 2. The number of alkyl halides is 1. The van der Waals surface area contributed by atoms with Gasteiger partial charge in [0, 0.05) is 25.1 Å². The molecule has 1 aliphatic rings. The highest BCUT2D eigenvalue weighted by Gasteiger charge is 2.24. The predicted octanol–water partition coefficient (Wildman–Crippen LogP) is 2.79. The third kappa shape index (κ3) is 2.95. The second-order valence-corrected chi connectivity index (χ2v) is 5.99. The summed E-state index contributed by atoms with van der Waals surface area (Å²) in [7, 11) is 0. The molecule has 2 aromatic rings. The van der Waals surface area contributed by atoms with E-state index in [0.29, 0.717) is 30.8 Å². The van der Waals surface area contributed by atoms with Gasteiger partial charge in [-0.15, -0.1) is 11.6 Å². The van der Waals surface area contributed by atoms with E-state index < -0.39 is 5.38 Å². The van der Waals surface area contributed by atoms with Crippen LogP contribution in [0.25, 0.3) is 11.3 Å². The van der Waals surface area contributed by atoms with Crippen LogP contribution in [0, 0.1) is 5.82 Å². The van der Waals surface area contributed by atoms with E-state index in [9.17, 15) is 9.18 Å². The Balaban J connectivity index is 1.90. The van der Waals surface area contributed by atoms with Crippen LogP contribution in [0.15, 0.2) is 30.3 Å². The van der Waals surface area contributed by atoms with Crippen molar-refractivity contribution in [3.05, 3.63) is 47.4 Å². The molecule has 114 valence electrons. The smallest absolute Gasteiger partial charge is 0.240 e. The molecule has 0 radical (unpaired) electrons. The molecule has 1 aromatic heterocycles. The highest BCUT2D eigenvalue weighted by molar-refractivity contribution is 6.30. The van der Waals surface area contributed by atoms with Crippen molar-refractivity contribution in [1.29, 1.82) is 0 Å². The van der Waals surface area contributed by atoms with E-state index in [1.807, 2.05) is 6.07 Å². The maximum Gasteiger partial charge on any atom is 0.240 e. The number of rotatable bonds is 2. The Hall–Kier alpha value is -2.01. The van der Waals surface area contributed by atoms with Crippen LogP contribution in [0.2, 0.25) is 0 Å². The summed E-state index contributed by atoms with van der Waals surface area (Å²) in [5, 5.41) is 7.84. The number of halogens is 2. The number of carbonyl (C=O) groups excluding carboxylic acids is 1. The van der Waals surface area contributed by atoms with Crippen molar-refractivity contribution in [3.8, 4) is 11.3 Å². The van der Waals surface area contributed by atoms with Gasteiger partial charge in [-0.1, -0.05) is 12.1 Å². The van der Waals surface area contributed by atoms with Crippen molar-refractivity contribution in [2.45, 2.75) is 25.3 Å². The number of amides is 1. The number of hydrogen-bond acceptors (Lipinski definition) is 3. The third-order valence-corrected chi connectivity index (χ3v) is 3.90. The van der Waals surface area contributed by atoms with E-state index >= 15 is 0 Å². The number of hydrogen-bond donors (Lipinski definition) is 0. The van der Waals surface area contributed by atoms with Crippen molar-refractivity contribution in [2.75, 3.05) is 6.54 Å². The minimum absolute atomic E-state index is 0.0866. The zero-order chi connectivity index (χ0) is 15.7. The molecule has 0 bridgehead atoms. The average molecular weight is 320 g/mol. The summed E-state index contributed by atoms with van der Waals surface area (Å²) in [5.41, 5.74) is 3.09. The summed E-state index contributed by atoms with van der Waals surface area (Å²) < 4.78 is 13.3. The highest BCUT2D eigenvalue weighted by Crippen LogP contribution is 2.23. The van der Waals surface area contributed by atoms with Gasteiger partial charge in [0.1, 0.15) is 11.2 Å². The molecule has 6 heteroatoms. The highest BCUT2D eigenvalue weighted by atomic mass is 35.5. The van der Waals surface area contributed by atoms with Crippen molar-refractivity contribution in [1.82, 2.24) is 15.1 Å². The zero-order valence-corrected chi connectivity index (χ0v) is 12.8. The van der Waals surface area contributed by atoms with E-state index in [2.05, 4.69) is 10.2 Å². The van der Waals surface area contributed by atoms with Gasteiger partial charge in [-0.05, 0) is 30.7 Å². The molecule has 1 atom stereocenters. The molecule has 1 aromatic carbocycles. The zero-order valence-electron chi connectivity index (χ0n) is 12.1. The monoisotopic (exact) mass is 319 g/mol. The Labute approximate surface area is 132 Å². The molecular weight excluding hydrogens is 305 g/mol. The molecule has 0 fully saturated rings. The van der Waals surface area contributed by atoms with Crippen LogP contribution in [0.3, 0.4) is 0 Å². The van der Waals surface area contributed by atoms with Crippen molar-refractivity contribution >= 4 is 17.5 Å². The fraction of sp³-hybridized carbons (Fsp3) is 0.312. The van der Waals surface area contributed by atoms with E-state index in [1.165, 1.54) is 12.1 Å². The summed E-state index contributed by atoms with van der Waals surface area (Å²) in [6, 6.07) is 8.10. The number of carbonyl (C=O) groups is 1. The number of benzene rings is 1. The first-order valence-electron chi connectivity index (χ1n) is 7.09. The van der Waals surface area contributed by atoms with Gasteiger partial charge in [0.25, 0.3) is 0 Å². The molecular formula is C16H15ClFN3O. The Kier molecular flexibility index (Phi) is 4.07. The first-order valence-corrected chi connectivity index (χ1v) is 7.52. The van der Waals surface area contributed by atoms with Crippen LogP contribution < -0.4 is 0 Å². The van der Waals surface area contributed by atoms with Crippen LogP contribution in [0.4, 0.5) is 4.39 Å². The van der Waals surface area contributed by atoms with Gasteiger partial charge in [-0.3, -0.25) is 4.79 Å². The lowest BCUT2D eigenvalue weighted by Crippen LogP contribution is -2.39. The molecule has 4 nitrogen and oxygen atoms in total. The lowest BCUT2D eigenvalue weighted by molar-refractivity contribution is -0.131. The van der Waals surface area contributed by atoms with Crippen molar-refractivity contribution in [2.24, 2.45) is 0 Å². The first kappa shape index (κ1) is 14.9. The summed E-state index contributed by atoms with van der Waals surface area (Å²) >= 11 is 5.87. The topological polar surface area (TPSA) is 46.1 Å². The van der Waals surface area contributed by atoms with Gasteiger partial charge in [0.2, 0.25) is 5.91 Å². The van der Waals surface area contributed by atoms with Crippen LogP contribution >= 0.6 is 11.6 Å². The Morgan fingerprint density at radius 2 is 2.18 bits per heavy atom. The summed E-state index contributed by atoms with van der Waals surface area (Å²) in [6.45, 7) is 2.72. The fourth-order valence-corrected chi connectivity index (χ4v) is 2.70. The molecule has 1 amide bonds. The quantitative estimate of drug-likeness (QED) is 0.800. The largest absolute Gasteiger partial charge is 0.337 e. The summed E-state index contributed by atoms with van der Waals surface area (Å²) in [5.74, 6) is -0.402. The molecule has 0 spiro atoms. The van der Waals surface area contributed by atoms with E-state index in [4.69, 9.17) is 11.6 Å². The second-order valence-electron chi connectivity index (χ2n) is 5.34. The van der Waals surface area contributed by atoms with Crippen molar-refractivity contribution < 1.29 is 9.18 Å². The molecule has 3 rings (SSSR count). The molecule has 2 heterocycles. The SMILES string of the molecule is CC(Cl)C(=O)N1CCc2nnc(-c3cccc(F)c3)cc2C1. The standard InChI is InChI=1S/C16H15ClFN3O/c1-10(17)16(22)21-6-5-14-12(9-21)8-15(20-19-14)11-3-2-4-13(18)7-11/h2-4,7-8,10H,5-6,9H2,1H3. The normalized spacial score (nSPS) is 15.3. The maximum atomic E-state index is 13.3. The lowest BCUT2D eigenvalue weighted by atomic mass is 10.0. The Morgan fingerprint density at radius 1 is 1.36 bits per heavy atom. The van der Waals surface area contributed by atoms with E-state index in [1.54, 1.807) is 24.0 Å².